The molecule has 0 amide bonds. The van der Waals surface area contributed by atoms with Crippen LogP contribution in [0, 0.1) is 90.7 Å². The highest BCUT2D eigenvalue weighted by atomic mass is 16.7. The van der Waals surface area contributed by atoms with Gasteiger partial charge in [0.2, 0.25) is 0 Å². The molecule has 8 aliphatic carbocycles. The van der Waals surface area contributed by atoms with Gasteiger partial charge in [-0.1, -0.05) is 92.5 Å². The number of fused-ring (bicyclic) bond motifs is 10. The van der Waals surface area contributed by atoms with E-state index in [-0.39, 0.29) is 85.3 Å². The highest BCUT2D eigenvalue weighted by molar-refractivity contribution is 5.22. The molecular weight excluding hydrogens is 969 g/mol. The molecule has 9 rings (SSSR count). The number of hydrogen-bond donors (Lipinski definition) is 9. The molecule has 77 heavy (non-hydrogen) atoms. The maximum atomic E-state index is 12.2. The van der Waals surface area contributed by atoms with Gasteiger partial charge in [-0.15, -0.1) is 0 Å². The van der Waals surface area contributed by atoms with Crippen LogP contribution in [0.4, 0.5) is 0 Å². The van der Waals surface area contributed by atoms with Crippen molar-refractivity contribution in [2.75, 3.05) is 6.61 Å². The minimum atomic E-state index is -1.50. The first-order chi connectivity index (χ1) is 35.5. The topological polar surface area (TPSA) is 201 Å². The second-order valence-electron chi connectivity index (χ2n) is 31.8. The summed E-state index contributed by atoms with van der Waals surface area (Å²) >= 11 is 0. The summed E-state index contributed by atoms with van der Waals surface area (Å²) in [4.78, 5) is 0. The number of rotatable bonds is 11. The lowest BCUT2D eigenvalue weighted by atomic mass is 9.35. The fourth-order valence-electron chi connectivity index (χ4n) is 22.1. The molecule has 0 aromatic carbocycles. The molecule has 25 atom stereocenters. The Morgan fingerprint density at radius 2 is 0.935 bits per heavy atom. The Labute approximate surface area is 466 Å². The molecular formula is C66H114O11. The van der Waals surface area contributed by atoms with Crippen LogP contribution in [-0.2, 0) is 9.47 Å². The number of ether oxygens (including phenoxy) is 2. The zero-order valence-corrected chi connectivity index (χ0v) is 51.2. The van der Waals surface area contributed by atoms with Crippen molar-refractivity contribution >= 4 is 0 Å². The molecule has 0 bridgehead atoms. The average Bonchev–Trinajstić information content (AvgIpc) is 4.12. The first-order valence-corrected chi connectivity index (χ1v) is 31.2. The lowest BCUT2D eigenvalue weighted by Gasteiger charge is -2.70. The van der Waals surface area contributed by atoms with Crippen molar-refractivity contribution in [1.29, 1.82) is 0 Å². The largest absolute Gasteiger partial charge is 0.394 e. The second-order valence-corrected chi connectivity index (χ2v) is 31.8. The molecule has 0 aromatic rings. The van der Waals surface area contributed by atoms with Crippen molar-refractivity contribution in [1.82, 2.24) is 0 Å². The van der Waals surface area contributed by atoms with Crippen molar-refractivity contribution in [2.45, 2.75) is 293 Å². The van der Waals surface area contributed by atoms with Crippen LogP contribution < -0.4 is 0 Å². The molecule has 1 saturated heterocycles. The van der Waals surface area contributed by atoms with E-state index in [9.17, 15) is 46.0 Å². The van der Waals surface area contributed by atoms with Crippen LogP contribution in [-0.4, -0.2) is 119 Å². The van der Waals surface area contributed by atoms with Gasteiger partial charge in [-0.3, -0.25) is 0 Å². The maximum absolute atomic E-state index is 12.2. The molecule has 0 spiro atoms. The molecule has 9 aliphatic rings. The van der Waals surface area contributed by atoms with Crippen LogP contribution >= 0.6 is 0 Å². The van der Waals surface area contributed by atoms with Crippen LogP contribution in [0.25, 0.3) is 0 Å². The summed E-state index contributed by atoms with van der Waals surface area (Å²) in [6, 6.07) is 0. The SMILES string of the molecule is CC(C)=CCC[C@](C)(O)[C@H]1CC[C@]2(C)[C@@H]1[C@H](O)C[C@@H]1[C@@]3(C)CC[C@H](O)C(C)(C)[C@@H]3CC[C@]12C.CC(C)=CCC[C@](C)(O[C@@H]1O[C@H](CO)[C@@H](O)[C@H](O)[C@H]1O)[C@H]1CC[C@]2(C)[C@@H]1[C@H](O)C[C@@H]1[C@@]3(C)CC[C@H](O)C(C)(C)[C@@H]3CC[C@]12C. The summed E-state index contributed by atoms with van der Waals surface area (Å²) in [5.41, 5.74) is 1.06. The third-order valence-corrected chi connectivity index (χ3v) is 26.9. The van der Waals surface area contributed by atoms with Gasteiger partial charge in [0.05, 0.1) is 42.2 Å². The van der Waals surface area contributed by atoms with E-state index in [1.54, 1.807) is 0 Å². The quantitative estimate of drug-likeness (QED) is 0.0892. The number of aliphatic hydroxyl groups is 9. The molecule has 1 aliphatic heterocycles. The fraction of sp³-hybridized carbons (Fsp3) is 0.939. The van der Waals surface area contributed by atoms with Gasteiger partial charge < -0.3 is 55.4 Å². The Bertz CT molecular complexity index is 2150. The van der Waals surface area contributed by atoms with Crippen LogP contribution in [0.3, 0.4) is 0 Å². The van der Waals surface area contributed by atoms with E-state index in [1.807, 2.05) is 6.92 Å². The van der Waals surface area contributed by atoms with Crippen molar-refractivity contribution in [3.05, 3.63) is 23.3 Å². The van der Waals surface area contributed by atoms with Crippen molar-refractivity contribution in [3.63, 3.8) is 0 Å². The molecule has 0 unspecified atom stereocenters. The predicted molar refractivity (Wildman–Crippen MR) is 304 cm³/mol. The van der Waals surface area contributed by atoms with E-state index in [1.165, 1.54) is 24.0 Å². The number of aliphatic hydroxyl groups excluding tert-OH is 8. The summed E-state index contributed by atoms with van der Waals surface area (Å²) in [7, 11) is 0. The van der Waals surface area contributed by atoms with Gasteiger partial charge in [0.15, 0.2) is 6.29 Å². The zero-order chi connectivity index (χ0) is 57.2. The molecule has 9 fully saturated rings. The number of allylic oxidation sites excluding steroid dienone is 4. The van der Waals surface area contributed by atoms with E-state index in [4.69, 9.17) is 9.47 Å². The van der Waals surface area contributed by atoms with E-state index in [0.717, 1.165) is 96.3 Å². The highest BCUT2D eigenvalue weighted by Gasteiger charge is 2.73. The Morgan fingerprint density at radius 1 is 0.519 bits per heavy atom. The van der Waals surface area contributed by atoms with E-state index in [2.05, 4.69) is 116 Å². The minimum absolute atomic E-state index is 0.0131. The standard InChI is InChI=1S/C36H62O8.C30H52O3/c1-20(2)10-9-14-36(8,44-31-30(42)29(41)28(40)23(19-37)43-31)21-11-16-35(7)27(21)22(38)18-25-33(5)15-13-26(39)32(3,4)24(33)12-17-34(25,35)6;1-19(2)10-9-14-30(8,33)20-11-16-29(7)25(20)21(31)18-23-27(5)15-13-24(32)26(3,4)22(27)12-17-28(23,29)6/h10,21-31,37-42H,9,11-19H2,1-8H3;10,20-25,31-33H,9,11-18H2,1-8H3/t21-,22+,23+,24-,25+,26-,27-,28+,29-,30+,31-,33-,34+,35+,36-;20-,21+,22-,23+,24-,25-,27-,28+,29+,30-/m00/s1. The monoisotopic (exact) mass is 1080 g/mol. The lowest BCUT2D eigenvalue weighted by molar-refractivity contribution is -0.336. The maximum Gasteiger partial charge on any atom is 0.187 e. The molecule has 444 valence electrons. The third kappa shape index (κ3) is 9.81. The molecule has 0 aromatic heterocycles. The Balaban J connectivity index is 0.000000212. The molecule has 11 heteroatoms. The third-order valence-electron chi connectivity index (χ3n) is 26.9. The first kappa shape index (κ1) is 62.1. The normalized spacial score (nSPS) is 51.1. The van der Waals surface area contributed by atoms with Crippen molar-refractivity contribution in [3.8, 4) is 0 Å². The van der Waals surface area contributed by atoms with Crippen molar-refractivity contribution < 1.29 is 55.4 Å². The zero-order valence-electron chi connectivity index (χ0n) is 51.2. The van der Waals surface area contributed by atoms with Crippen LogP contribution in [0.5, 0.6) is 0 Å². The van der Waals surface area contributed by atoms with Crippen LogP contribution in [0.1, 0.15) is 226 Å². The van der Waals surface area contributed by atoms with Gasteiger partial charge in [-0.2, -0.15) is 0 Å². The fourth-order valence-corrected chi connectivity index (χ4v) is 22.1. The van der Waals surface area contributed by atoms with Gasteiger partial charge in [0, 0.05) is 0 Å². The number of hydrogen-bond acceptors (Lipinski definition) is 11. The van der Waals surface area contributed by atoms with Gasteiger partial charge in [0.25, 0.3) is 0 Å². The summed E-state index contributed by atoms with van der Waals surface area (Å²) in [5, 5.41) is 99.2. The van der Waals surface area contributed by atoms with Crippen LogP contribution in [0.2, 0.25) is 0 Å². The minimum Gasteiger partial charge on any atom is -0.394 e. The van der Waals surface area contributed by atoms with Gasteiger partial charge in [-0.05, 0) is 248 Å². The summed E-state index contributed by atoms with van der Waals surface area (Å²) in [5.74, 6) is 2.02. The van der Waals surface area contributed by atoms with Gasteiger partial charge >= 0.3 is 0 Å². The summed E-state index contributed by atoms with van der Waals surface area (Å²) < 4.78 is 12.6. The average molecular weight is 1080 g/mol. The van der Waals surface area contributed by atoms with E-state index in [0.29, 0.717) is 30.1 Å². The highest BCUT2D eigenvalue weighted by Crippen LogP contribution is 2.78. The van der Waals surface area contributed by atoms with Gasteiger partial charge in [-0.25, -0.2) is 0 Å². The smallest absolute Gasteiger partial charge is 0.187 e. The molecule has 9 N–H and O–H groups in total. The molecule has 1 heterocycles. The molecule has 8 saturated carbocycles. The Morgan fingerprint density at radius 3 is 1.38 bits per heavy atom. The predicted octanol–water partition coefficient (Wildman–Crippen LogP) is 10.8. The van der Waals surface area contributed by atoms with Crippen LogP contribution in [0.15, 0.2) is 23.3 Å². The van der Waals surface area contributed by atoms with E-state index >= 15 is 0 Å². The second kappa shape index (κ2) is 21.3. The summed E-state index contributed by atoms with van der Waals surface area (Å²) in [6.45, 7) is 35.8. The van der Waals surface area contributed by atoms with Gasteiger partial charge in [0.1, 0.15) is 24.4 Å². The molecule has 11 nitrogen and oxygen atoms in total. The lowest BCUT2D eigenvalue weighted by Crippen LogP contribution is -2.67. The molecule has 0 radical (unpaired) electrons. The Kier molecular flexibility index (Phi) is 17.2. The van der Waals surface area contributed by atoms with E-state index < -0.39 is 54.6 Å². The first-order valence-electron chi connectivity index (χ1n) is 31.2. The summed E-state index contributed by atoms with van der Waals surface area (Å²) in [6.07, 6.45) is 13.2. The van der Waals surface area contributed by atoms with Crippen molar-refractivity contribution in [2.24, 2.45) is 90.7 Å². The Hall–Kier alpha value is -0.960.